The van der Waals surface area contributed by atoms with Crippen molar-refractivity contribution >= 4 is 33.6 Å². The summed E-state index contributed by atoms with van der Waals surface area (Å²) in [6.45, 7) is 2.05. The number of rotatable bonds is 0. The third kappa shape index (κ3) is 1.13. The van der Waals surface area contributed by atoms with Crippen molar-refractivity contribution in [1.82, 2.24) is 9.97 Å². The molecule has 2 aromatic rings. The van der Waals surface area contributed by atoms with Gasteiger partial charge in [0.2, 0.25) is 0 Å². The summed E-state index contributed by atoms with van der Waals surface area (Å²) in [5.74, 6) is 0. The fraction of sp³-hybridized carbons (Fsp3) is 0.125. The molecule has 0 atom stereocenters. The van der Waals surface area contributed by atoms with E-state index >= 15 is 0 Å². The number of nitrogens with one attached hydrogen (secondary N) is 1. The van der Waals surface area contributed by atoms with Crippen molar-refractivity contribution in [3.05, 3.63) is 27.6 Å². The summed E-state index contributed by atoms with van der Waals surface area (Å²) in [6, 6.07) is 2.09. The Kier molecular flexibility index (Phi) is 1.60. The van der Waals surface area contributed by atoms with Crippen LogP contribution in [0.2, 0.25) is 0 Å². The smallest absolute Gasteiger partial charge is 0.0908 e. The number of pyridine rings is 1. The Balaban J connectivity index is 2.86. The van der Waals surface area contributed by atoms with E-state index in [-0.39, 0.29) is 0 Å². The number of hydrogen-bond acceptors (Lipinski definition) is 1. The van der Waals surface area contributed by atoms with Gasteiger partial charge in [0.25, 0.3) is 0 Å². The molecule has 0 aliphatic rings. The lowest BCUT2D eigenvalue weighted by Gasteiger charge is -1.90. The molecule has 0 aliphatic carbocycles. The predicted molar refractivity (Wildman–Crippen MR) is 53.5 cm³/mol. The summed E-state index contributed by atoms with van der Waals surface area (Å²) in [4.78, 5) is 7.46. The van der Waals surface area contributed by atoms with Crippen LogP contribution in [0.25, 0.3) is 11.0 Å². The largest absolute Gasteiger partial charge is 0.360 e. The number of aromatic nitrogens is 2. The highest BCUT2D eigenvalue weighted by Gasteiger charge is 1.99. The van der Waals surface area contributed by atoms with Gasteiger partial charge in [0, 0.05) is 16.0 Å². The van der Waals surface area contributed by atoms with E-state index < -0.39 is 0 Å². The Morgan fingerprint density at radius 1 is 1.55 bits per heavy atom. The van der Waals surface area contributed by atoms with E-state index in [0.29, 0.717) is 0 Å². The first-order valence-electron chi connectivity index (χ1n) is 3.36. The number of nitrogens with zero attached hydrogens (tertiary/aromatic N) is 1. The molecule has 3 heteroatoms. The van der Waals surface area contributed by atoms with Gasteiger partial charge < -0.3 is 4.98 Å². The molecule has 0 amide bonds. The summed E-state index contributed by atoms with van der Waals surface area (Å²) >= 11 is 2.25. The van der Waals surface area contributed by atoms with Crippen LogP contribution in [-0.2, 0) is 0 Å². The van der Waals surface area contributed by atoms with E-state index in [1.165, 1.54) is 5.56 Å². The minimum absolute atomic E-state index is 1.07. The maximum absolute atomic E-state index is 4.30. The van der Waals surface area contributed by atoms with Gasteiger partial charge >= 0.3 is 0 Å². The highest BCUT2D eigenvalue weighted by molar-refractivity contribution is 14.1. The summed E-state index contributed by atoms with van der Waals surface area (Å²) in [6.07, 6.45) is 3.86. The van der Waals surface area contributed by atoms with E-state index in [9.17, 15) is 0 Å². The highest BCUT2D eigenvalue weighted by atomic mass is 127. The van der Waals surface area contributed by atoms with Gasteiger partial charge in [-0.2, -0.15) is 0 Å². The Labute approximate surface area is 78.2 Å². The lowest BCUT2D eigenvalue weighted by molar-refractivity contribution is 1.37. The first kappa shape index (κ1) is 7.09. The summed E-state index contributed by atoms with van der Waals surface area (Å²) < 4.78 is 1.16. The molecule has 0 fully saturated rings. The standard InChI is InChI=1S/C8H7IN2/c1-5-3-10-7-2-6(9)4-11-8(5)7/h2-4,10H,1H3. The Morgan fingerprint density at radius 3 is 3.18 bits per heavy atom. The predicted octanol–water partition coefficient (Wildman–Crippen LogP) is 2.48. The molecule has 2 rings (SSSR count). The zero-order chi connectivity index (χ0) is 7.84. The monoisotopic (exact) mass is 258 g/mol. The van der Waals surface area contributed by atoms with E-state index in [0.717, 1.165) is 14.6 Å². The molecule has 0 unspecified atom stereocenters. The molecule has 0 spiro atoms. The topological polar surface area (TPSA) is 28.7 Å². The van der Waals surface area contributed by atoms with E-state index in [4.69, 9.17) is 0 Å². The molecule has 0 aromatic carbocycles. The number of fused-ring (bicyclic) bond motifs is 1. The molecule has 2 nitrogen and oxygen atoms in total. The summed E-state index contributed by atoms with van der Waals surface area (Å²) in [7, 11) is 0. The average molecular weight is 258 g/mol. The van der Waals surface area contributed by atoms with Crippen LogP contribution >= 0.6 is 22.6 Å². The van der Waals surface area contributed by atoms with Gasteiger partial charge in [0.15, 0.2) is 0 Å². The Morgan fingerprint density at radius 2 is 2.36 bits per heavy atom. The number of aryl methyl sites for hydroxylation is 1. The van der Waals surface area contributed by atoms with Crippen molar-refractivity contribution in [2.24, 2.45) is 0 Å². The molecule has 0 saturated heterocycles. The maximum Gasteiger partial charge on any atom is 0.0908 e. The van der Waals surface area contributed by atoms with E-state index in [1.807, 2.05) is 12.4 Å². The van der Waals surface area contributed by atoms with Crippen LogP contribution in [-0.4, -0.2) is 9.97 Å². The molecule has 11 heavy (non-hydrogen) atoms. The van der Waals surface area contributed by atoms with Crippen LogP contribution in [0, 0.1) is 10.5 Å². The van der Waals surface area contributed by atoms with Crippen molar-refractivity contribution in [3.8, 4) is 0 Å². The van der Waals surface area contributed by atoms with Gasteiger partial charge in [-0.05, 0) is 41.1 Å². The molecule has 2 heterocycles. The van der Waals surface area contributed by atoms with E-state index in [1.54, 1.807) is 0 Å². The van der Waals surface area contributed by atoms with Gasteiger partial charge in [0.05, 0.1) is 11.0 Å². The molecule has 0 radical (unpaired) electrons. The highest BCUT2D eigenvalue weighted by Crippen LogP contribution is 2.16. The number of hydrogen-bond donors (Lipinski definition) is 1. The second kappa shape index (κ2) is 2.48. The van der Waals surface area contributed by atoms with Gasteiger partial charge in [-0.25, -0.2) is 0 Å². The van der Waals surface area contributed by atoms with Crippen LogP contribution < -0.4 is 0 Å². The lowest BCUT2D eigenvalue weighted by atomic mass is 10.3. The molecular weight excluding hydrogens is 251 g/mol. The third-order valence-electron chi connectivity index (χ3n) is 1.67. The fourth-order valence-electron chi connectivity index (χ4n) is 1.12. The van der Waals surface area contributed by atoms with Crippen molar-refractivity contribution < 1.29 is 0 Å². The van der Waals surface area contributed by atoms with Gasteiger partial charge in [0.1, 0.15) is 0 Å². The second-order valence-electron chi connectivity index (χ2n) is 2.52. The first-order chi connectivity index (χ1) is 5.27. The molecule has 0 aliphatic heterocycles. The third-order valence-corrected chi connectivity index (χ3v) is 2.26. The SMILES string of the molecule is Cc1c[nH]c2cc(I)cnc12. The minimum Gasteiger partial charge on any atom is -0.360 e. The van der Waals surface area contributed by atoms with Crippen molar-refractivity contribution in [3.63, 3.8) is 0 Å². The maximum atomic E-state index is 4.30. The Hall–Kier alpha value is -0.580. The van der Waals surface area contributed by atoms with Crippen LogP contribution in [0.1, 0.15) is 5.56 Å². The molecular formula is C8H7IN2. The summed E-state index contributed by atoms with van der Waals surface area (Å²) in [5, 5.41) is 0. The number of aromatic amines is 1. The van der Waals surface area contributed by atoms with Crippen LogP contribution in [0.4, 0.5) is 0 Å². The second-order valence-corrected chi connectivity index (χ2v) is 3.77. The fourth-order valence-corrected chi connectivity index (χ4v) is 1.57. The van der Waals surface area contributed by atoms with Gasteiger partial charge in [-0.1, -0.05) is 0 Å². The molecule has 56 valence electrons. The first-order valence-corrected chi connectivity index (χ1v) is 4.44. The van der Waals surface area contributed by atoms with Crippen molar-refractivity contribution in [1.29, 1.82) is 0 Å². The average Bonchev–Trinajstić information content (AvgIpc) is 2.32. The molecule has 0 saturated carbocycles. The number of H-pyrrole nitrogens is 1. The summed E-state index contributed by atoms with van der Waals surface area (Å²) in [5.41, 5.74) is 3.40. The van der Waals surface area contributed by atoms with Crippen LogP contribution in [0.15, 0.2) is 18.5 Å². The van der Waals surface area contributed by atoms with E-state index in [2.05, 4.69) is 45.5 Å². The van der Waals surface area contributed by atoms with Crippen LogP contribution in [0.5, 0.6) is 0 Å². The van der Waals surface area contributed by atoms with Crippen molar-refractivity contribution in [2.75, 3.05) is 0 Å². The zero-order valence-corrected chi connectivity index (χ0v) is 8.21. The Bertz CT molecular complexity index is 392. The molecule has 0 bridgehead atoms. The molecule has 1 N–H and O–H groups in total. The van der Waals surface area contributed by atoms with Crippen molar-refractivity contribution in [2.45, 2.75) is 6.92 Å². The number of halogens is 1. The molecule has 2 aromatic heterocycles. The van der Waals surface area contributed by atoms with Gasteiger partial charge in [-0.15, -0.1) is 0 Å². The van der Waals surface area contributed by atoms with Gasteiger partial charge in [-0.3, -0.25) is 4.98 Å². The quantitative estimate of drug-likeness (QED) is 0.722. The lowest BCUT2D eigenvalue weighted by Crippen LogP contribution is -1.77. The zero-order valence-electron chi connectivity index (χ0n) is 6.06. The minimum atomic E-state index is 1.07. The van der Waals surface area contributed by atoms with Crippen LogP contribution in [0.3, 0.4) is 0 Å². The normalized spacial score (nSPS) is 10.7.